The minimum Gasteiger partial charge on any atom is -0.497 e. The lowest BCUT2D eigenvalue weighted by Crippen LogP contribution is -2.30. The molecule has 1 fully saturated rings. The molecule has 0 atom stereocenters. The minimum atomic E-state index is 0.0288. The Labute approximate surface area is 161 Å². The Balaban J connectivity index is 1.87. The molecular weight excluding hydrogens is 340 g/mol. The molecule has 144 valence electrons. The van der Waals surface area contributed by atoms with E-state index in [9.17, 15) is 9.90 Å². The molecule has 0 unspecified atom stereocenters. The van der Waals surface area contributed by atoms with Gasteiger partial charge in [-0.1, -0.05) is 18.2 Å². The first-order chi connectivity index (χ1) is 13.1. The number of hydrogen-bond donors (Lipinski definition) is 1. The minimum absolute atomic E-state index is 0.0288. The van der Waals surface area contributed by atoms with Gasteiger partial charge in [0.15, 0.2) is 0 Å². The maximum atomic E-state index is 11.0. The second-order valence-electron chi connectivity index (χ2n) is 7.09. The highest BCUT2D eigenvalue weighted by molar-refractivity contribution is 5.70. The molecule has 1 heterocycles. The van der Waals surface area contributed by atoms with Crippen molar-refractivity contribution in [2.75, 3.05) is 33.3 Å². The molecule has 3 rings (SSSR count). The Kier molecular flexibility index (Phi) is 6.48. The van der Waals surface area contributed by atoms with E-state index in [0.29, 0.717) is 0 Å². The number of amides is 1. The molecule has 1 N–H and O–H groups in total. The van der Waals surface area contributed by atoms with Crippen LogP contribution in [0, 0.1) is 6.92 Å². The van der Waals surface area contributed by atoms with E-state index in [-0.39, 0.29) is 6.61 Å². The molecule has 0 aliphatic carbocycles. The van der Waals surface area contributed by atoms with Gasteiger partial charge >= 0.3 is 0 Å². The number of rotatable bonds is 6. The number of hydrogen-bond acceptors (Lipinski definition) is 4. The van der Waals surface area contributed by atoms with Crippen LogP contribution in [0.3, 0.4) is 0 Å². The summed E-state index contributed by atoms with van der Waals surface area (Å²) in [5, 5.41) is 9.79. The van der Waals surface area contributed by atoms with Crippen LogP contribution in [0.15, 0.2) is 36.4 Å². The van der Waals surface area contributed by atoms with E-state index >= 15 is 0 Å². The van der Waals surface area contributed by atoms with Crippen molar-refractivity contribution >= 4 is 6.41 Å². The van der Waals surface area contributed by atoms with Crippen LogP contribution in [0.2, 0.25) is 0 Å². The Morgan fingerprint density at radius 1 is 1.07 bits per heavy atom. The van der Waals surface area contributed by atoms with E-state index in [4.69, 9.17) is 4.74 Å². The van der Waals surface area contributed by atoms with Gasteiger partial charge in [-0.3, -0.25) is 9.69 Å². The third-order valence-electron chi connectivity index (χ3n) is 5.30. The van der Waals surface area contributed by atoms with Crippen LogP contribution in [0.25, 0.3) is 11.1 Å². The lowest BCUT2D eigenvalue weighted by molar-refractivity contribution is -0.118. The number of methoxy groups -OCH3 is 1. The van der Waals surface area contributed by atoms with Crippen LogP contribution in [0.4, 0.5) is 0 Å². The van der Waals surface area contributed by atoms with Crippen LogP contribution in [0.5, 0.6) is 5.75 Å². The van der Waals surface area contributed by atoms with Crippen LogP contribution in [-0.4, -0.2) is 54.6 Å². The molecule has 5 heteroatoms. The summed E-state index contributed by atoms with van der Waals surface area (Å²) >= 11 is 0. The highest BCUT2D eigenvalue weighted by Crippen LogP contribution is 2.30. The number of carbonyl (C=O) groups excluding carboxylic acids is 1. The second kappa shape index (κ2) is 9.02. The molecule has 1 aliphatic rings. The SMILES string of the molecule is COc1ccc(C)c(-c2ccc(CO)c(CN3CCCN(C=O)CC3)c2)c1. The van der Waals surface area contributed by atoms with Crippen molar-refractivity contribution in [3.63, 3.8) is 0 Å². The van der Waals surface area contributed by atoms with Gasteiger partial charge in [0.05, 0.1) is 13.7 Å². The van der Waals surface area contributed by atoms with E-state index < -0.39 is 0 Å². The van der Waals surface area contributed by atoms with Gasteiger partial charge in [-0.25, -0.2) is 0 Å². The lowest BCUT2D eigenvalue weighted by atomic mass is 9.96. The van der Waals surface area contributed by atoms with Crippen LogP contribution < -0.4 is 4.74 Å². The number of aryl methyl sites for hydroxylation is 1. The zero-order valence-electron chi connectivity index (χ0n) is 16.1. The first kappa shape index (κ1) is 19.4. The maximum Gasteiger partial charge on any atom is 0.209 e. The summed E-state index contributed by atoms with van der Waals surface area (Å²) in [6, 6.07) is 12.3. The molecule has 2 aromatic rings. The van der Waals surface area contributed by atoms with Gasteiger partial charge in [-0.15, -0.1) is 0 Å². The molecule has 0 saturated carbocycles. The van der Waals surface area contributed by atoms with Gasteiger partial charge in [-0.2, -0.15) is 0 Å². The molecule has 1 amide bonds. The fourth-order valence-electron chi connectivity index (χ4n) is 3.63. The normalized spacial score (nSPS) is 15.4. The molecule has 27 heavy (non-hydrogen) atoms. The van der Waals surface area contributed by atoms with Crippen molar-refractivity contribution in [2.24, 2.45) is 0 Å². The Bertz CT molecular complexity index is 791. The molecule has 0 spiro atoms. The second-order valence-corrected chi connectivity index (χ2v) is 7.09. The van der Waals surface area contributed by atoms with Crippen LogP contribution in [0.1, 0.15) is 23.1 Å². The van der Waals surface area contributed by atoms with E-state index in [0.717, 1.165) is 73.6 Å². The van der Waals surface area contributed by atoms with Gasteiger partial charge < -0.3 is 14.7 Å². The number of carbonyl (C=O) groups is 1. The average molecular weight is 368 g/mol. The zero-order chi connectivity index (χ0) is 19.2. The van der Waals surface area contributed by atoms with Gasteiger partial charge in [0.1, 0.15) is 5.75 Å². The van der Waals surface area contributed by atoms with Gasteiger partial charge in [0, 0.05) is 32.7 Å². The molecule has 2 aromatic carbocycles. The van der Waals surface area contributed by atoms with Gasteiger partial charge in [-0.05, 0) is 59.4 Å². The number of nitrogens with zero attached hydrogens (tertiary/aromatic N) is 2. The summed E-state index contributed by atoms with van der Waals surface area (Å²) in [7, 11) is 1.68. The van der Waals surface area contributed by atoms with Crippen molar-refractivity contribution in [2.45, 2.75) is 26.5 Å². The van der Waals surface area contributed by atoms with E-state index in [1.165, 1.54) is 5.56 Å². The number of ether oxygens (including phenoxy) is 1. The zero-order valence-corrected chi connectivity index (χ0v) is 16.1. The maximum absolute atomic E-state index is 11.0. The molecule has 0 radical (unpaired) electrons. The standard InChI is InChI=1S/C22H28N2O3/c1-17-4-7-21(27-2)13-22(17)18-5-6-19(15-25)20(12-18)14-23-8-3-9-24(16-26)11-10-23/h4-7,12-13,16,25H,3,8-11,14-15H2,1-2H3. The Morgan fingerprint density at radius 2 is 1.93 bits per heavy atom. The van der Waals surface area contributed by atoms with Crippen molar-refractivity contribution in [1.82, 2.24) is 9.80 Å². The monoisotopic (exact) mass is 368 g/mol. The molecule has 0 bridgehead atoms. The molecule has 1 saturated heterocycles. The first-order valence-electron chi connectivity index (χ1n) is 9.44. The molecule has 0 aromatic heterocycles. The van der Waals surface area contributed by atoms with Crippen molar-refractivity contribution in [3.05, 3.63) is 53.1 Å². The predicted octanol–water partition coefficient (Wildman–Crippen LogP) is 2.83. The largest absolute Gasteiger partial charge is 0.497 e. The molecule has 5 nitrogen and oxygen atoms in total. The van der Waals surface area contributed by atoms with Crippen molar-refractivity contribution < 1.29 is 14.6 Å². The predicted molar refractivity (Wildman–Crippen MR) is 107 cm³/mol. The summed E-state index contributed by atoms with van der Waals surface area (Å²) in [6.45, 7) is 6.28. The summed E-state index contributed by atoms with van der Waals surface area (Å²) in [6.07, 6.45) is 1.91. The fourth-order valence-corrected chi connectivity index (χ4v) is 3.63. The third-order valence-corrected chi connectivity index (χ3v) is 5.30. The van der Waals surface area contributed by atoms with Crippen molar-refractivity contribution in [1.29, 1.82) is 0 Å². The number of benzene rings is 2. The summed E-state index contributed by atoms with van der Waals surface area (Å²) in [5.74, 6) is 0.838. The van der Waals surface area contributed by atoms with Gasteiger partial charge in [0.25, 0.3) is 0 Å². The van der Waals surface area contributed by atoms with E-state index in [1.54, 1.807) is 7.11 Å². The summed E-state index contributed by atoms with van der Waals surface area (Å²) < 4.78 is 5.38. The first-order valence-corrected chi connectivity index (χ1v) is 9.44. The fraction of sp³-hybridized carbons (Fsp3) is 0.409. The van der Waals surface area contributed by atoms with Crippen LogP contribution in [-0.2, 0) is 17.9 Å². The summed E-state index contributed by atoms with van der Waals surface area (Å²) in [5.41, 5.74) is 5.55. The smallest absolute Gasteiger partial charge is 0.209 e. The Morgan fingerprint density at radius 3 is 2.67 bits per heavy atom. The molecular formula is C22H28N2O3. The third kappa shape index (κ3) is 4.67. The Hall–Kier alpha value is -2.37. The van der Waals surface area contributed by atoms with Crippen LogP contribution >= 0.6 is 0 Å². The van der Waals surface area contributed by atoms with E-state index in [2.05, 4.69) is 36.1 Å². The lowest BCUT2D eigenvalue weighted by Gasteiger charge is -2.22. The van der Waals surface area contributed by atoms with Gasteiger partial charge in [0.2, 0.25) is 6.41 Å². The topological polar surface area (TPSA) is 53.0 Å². The average Bonchev–Trinajstić information content (AvgIpc) is 2.93. The van der Waals surface area contributed by atoms with Crippen molar-refractivity contribution in [3.8, 4) is 16.9 Å². The molecule has 1 aliphatic heterocycles. The summed E-state index contributed by atoms with van der Waals surface area (Å²) in [4.78, 5) is 15.2. The number of aliphatic hydroxyl groups is 1. The highest BCUT2D eigenvalue weighted by Gasteiger charge is 2.16. The quantitative estimate of drug-likeness (QED) is 0.797. The highest BCUT2D eigenvalue weighted by atomic mass is 16.5. The number of aliphatic hydroxyl groups excluding tert-OH is 1. The van der Waals surface area contributed by atoms with E-state index in [1.807, 2.05) is 17.0 Å².